The summed E-state index contributed by atoms with van der Waals surface area (Å²) in [5.74, 6) is 0. The molecule has 0 spiro atoms. The Morgan fingerprint density at radius 1 is 1.00 bits per heavy atom. The highest BCUT2D eigenvalue weighted by Crippen LogP contribution is 2.34. The van der Waals surface area contributed by atoms with Gasteiger partial charge in [-0.1, -0.05) is 29.5 Å². The van der Waals surface area contributed by atoms with E-state index in [2.05, 4.69) is 17.1 Å². The van der Waals surface area contributed by atoms with Crippen LogP contribution in [0.4, 0.5) is 5.13 Å². The summed E-state index contributed by atoms with van der Waals surface area (Å²) >= 11 is 1.49. The van der Waals surface area contributed by atoms with Crippen molar-refractivity contribution in [3.63, 3.8) is 0 Å². The molecule has 2 N–H and O–H groups in total. The van der Waals surface area contributed by atoms with Gasteiger partial charge in [0, 0.05) is 17.0 Å². The van der Waals surface area contributed by atoms with Gasteiger partial charge >= 0.3 is 0 Å². The summed E-state index contributed by atoms with van der Waals surface area (Å²) in [6, 6.07) is 14.2. The normalized spacial score (nSPS) is 11.4. The maximum absolute atomic E-state index is 5.81. The number of nitrogens with two attached hydrogens (primary N) is 1. The van der Waals surface area contributed by atoms with Gasteiger partial charge < -0.3 is 10.2 Å². The number of para-hydroxylation sites is 1. The minimum atomic E-state index is 0.590. The summed E-state index contributed by atoms with van der Waals surface area (Å²) in [5.41, 5.74) is 8.63. The van der Waals surface area contributed by atoms with Gasteiger partial charge in [0.2, 0.25) is 0 Å². The molecule has 0 aliphatic rings. The average molecular weight is 266 g/mol. The molecule has 0 saturated heterocycles. The van der Waals surface area contributed by atoms with Crippen molar-refractivity contribution in [2.75, 3.05) is 5.73 Å². The van der Waals surface area contributed by atoms with Crippen molar-refractivity contribution < 1.29 is 4.42 Å². The molecule has 0 bridgehead atoms. The van der Waals surface area contributed by atoms with Crippen LogP contribution in [0.2, 0.25) is 0 Å². The van der Waals surface area contributed by atoms with Crippen LogP contribution in [-0.2, 0) is 0 Å². The lowest BCUT2D eigenvalue weighted by atomic mass is 10.1. The molecule has 3 nitrogen and oxygen atoms in total. The zero-order valence-corrected chi connectivity index (χ0v) is 10.8. The fourth-order valence-corrected chi connectivity index (χ4v) is 2.98. The smallest absolute Gasteiger partial charge is 0.180 e. The number of anilines is 1. The number of rotatable bonds is 1. The Labute approximate surface area is 113 Å². The molecule has 0 aliphatic heterocycles. The molecule has 2 aromatic heterocycles. The fourth-order valence-electron chi connectivity index (χ4n) is 2.30. The molecule has 0 unspecified atom stereocenters. The second kappa shape index (κ2) is 3.83. The first-order valence-electron chi connectivity index (χ1n) is 5.94. The van der Waals surface area contributed by atoms with Crippen LogP contribution >= 0.6 is 11.3 Å². The number of nitrogen functional groups attached to an aromatic ring is 1. The number of furan rings is 1. The molecule has 4 heteroatoms. The van der Waals surface area contributed by atoms with Gasteiger partial charge in [-0.05, 0) is 29.8 Å². The molecule has 0 aliphatic carbocycles. The maximum atomic E-state index is 5.81. The maximum Gasteiger partial charge on any atom is 0.180 e. The highest BCUT2D eigenvalue weighted by molar-refractivity contribution is 7.18. The van der Waals surface area contributed by atoms with Gasteiger partial charge in [0.05, 0.1) is 4.88 Å². The van der Waals surface area contributed by atoms with E-state index in [-0.39, 0.29) is 0 Å². The second-order valence-electron chi connectivity index (χ2n) is 4.37. The Bertz CT molecular complexity index is 891. The number of benzene rings is 2. The number of aromatic nitrogens is 1. The molecule has 0 radical (unpaired) electrons. The number of fused-ring (bicyclic) bond motifs is 3. The van der Waals surface area contributed by atoms with Crippen LogP contribution in [0.25, 0.3) is 32.4 Å². The lowest BCUT2D eigenvalue weighted by molar-refractivity contribution is 0.669. The number of nitrogens with zero attached hydrogens (tertiary/aromatic N) is 1. The highest BCUT2D eigenvalue weighted by atomic mass is 32.1. The quantitative estimate of drug-likeness (QED) is 0.559. The molecule has 2 aromatic carbocycles. The van der Waals surface area contributed by atoms with E-state index in [0.29, 0.717) is 5.13 Å². The van der Waals surface area contributed by atoms with Crippen molar-refractivity contribution in [2.24, 2.45) is 0 Å². The molecule has 4 aromatic rings. The van der Waals surface area contributed by atoms with Crippen LogP contribution < -0.4 is 5.73 Å². The van der Waals surface area contributed by atoms with Gasteiger partial charge in [-0.3, -0.25) is 0 Å². The lowest BCUT2D eigenvalue weighted by Crippen LogP contribution is -1.77. The Morgan fingerprint density at radius 2 is 1.84 bits per heavy atom. The van der Waals surface area contributed by atoms with Crippen molar-refractivity contribution >= 4 is 38.4 Å². The van der Waals surface area contributed by atoms with E-state index in [1.54, 1.807) is 0 Å². The molecule has 19 heavy (non-hydrogen) atoms. The van der Waals surface area contributed by atoms with Crippen LogP contribution in [0, 0.1) is 0 Å². The van der Waals surface area contributed by atoms with E-state index in [1.807, 2.05) is 36.5 Å². The van der Waals surface area contributed by atoms with Crippen molar-refractivity contribution in [1.29, 1.82) is 0 Å². The Kier molecular flexibility index (Phi) is 2.13. The first-order valence-corrected chi connectivity index (χ1v) is 6.76. The average Bonchev–Trinajstić information content (AvgIpc) is 3.01. The molecular weight excluding hydrogens is 256 g/mol. The molecule has 4 rings (SSSR count). The molecular formula is C15H10N2OS. The van der Waals surface area contributed by atoms with Crippen LogP contribution in [0.3, 0.4) is 0 Å². The van der Waals surface area contributed by atoms with Crippen LogP contribution in [-0.4, -0.2) is 4.98 Å². The summed E-state index contributed by atoms with van der Waals surface area (Å²) in [6.45, 7) is 0. The first kappa shape index (κ1) is 10.6. The van der Waals surface area contributed by atoms with Crippen LogP contribution in [0.15, 0.2) is 53.1 Å². The third kappa shape index (κ3) is 1.61. The Hall–Kier alpha value is -2.33. The highest BCUT2D eigenvalue weighted by Gasteiger charge is 2.09. The minimum Gasteiger partial charge on any atom is -0.456 e. The third-order valence-corrected chi connectivity index (χ3v) is 4.06. The van der Waals surface area contributed by atoms with Crippen LogP contribution in [0.5, 0.6) is 0 Å². The number of hydrogen-bond acceptors (Lipinski definition) is 4. The summed E-state index contributed by atoms with van der Waals surface area (Å²) in [4.78, 5) is 5.17. The zero-order valence-electron chi connectivity index (χ0n) is 9.96. The van der Waals surface area contributed by atoms with E-state index < -0.39 is 0 Å². The zero-order chi connectivity index (χ0) is 12.8. The number of hydrogen-bond donors (Lipinski definition) is 1. The van der Waals surface area contributed by atoms with Gasteiger partial charge in [0.15, 0.2) is 5.13 Å². The number of thiazole rings is 1. The van der Waals surface area contributed by atoms with Gasteiger partial charge in [0.25, 0.3) is 0 Å². The summed E-state index contributed by atoms with van der Waals surface area (Å²) in [6.07, 6.45) is 1.81. The van der Waals surface area contributed by atoms with Gasteiger partial charge in [-0.15, -0.1) is 0 Å². The van der Waals surface area contributed by atoms with Gasteiger partial charge in [-0.25, -0.2) is 4.98 Å². The monoisotopic (exact) mass is 266 g/mol. The Balaban J connectivity index is 2.02. The van der Waals surface area contributed by atoms with E-state index in [0.717, 1.165) is 32.4 Å². The second-order valence-corrected chi connectivity index (χ2v) is 5.43. The molecule has 92 valence electrons. The topological polar surface area (TPSA) is 52.0 Å². The van der Waals surface area contributed by atoms with E-state index >= 15 is 0 Å². The lowest BCUT2D eigenvalue weighted by Gasteiger charge is -1.96. The minimum absolute atomic E-state index is 0.590. The predicted octanol–water partition coefficient (Wildman–Crippen LogP) is 4.29. The van der Waals surface area contributed by atoms with Crippen molar-refractivity contribution in [3.8, 4) is 10.4 Å². The van der Waals surface area contributed by atoms with E-state index in [1.165, 1.54) is 11.3 Å². The standard InChI is InChI=1S/C15H10N2OS/c16-15-17-8-14(19-15)9-5-6-13-11(7-9)10-3-1-2-4-12(10)18-13/h1-8H,(H2,16,17). The van der Waals surface area contributed by atoms with Gasteiger partial charge in [-0.2, -0.15) is 0 Å². The van der Waals surface area contributed by atoms with Crippen molar-refractivity contribution in [2.45, 2.75) is 0 Å². The predicted molar refractivity (Wildman–Crippen MR) is 79.2 cm³/mol. The largest absolute Gasteiger partial charge is 0.456 e. The van der Waals surface area contributed by atoms with Crippen LogP contribution in [0.1, 0.15) is 0 Å². The summed E-state index contributed by atoms with van der Waals surface area (Å²) in [5, 5.41) is 2.85. The molecule has 0 amide bonds. The SMILES string of the molecule is Nc1ncc(-c2ccc3oc4ccccc4c3c2)s1. The first-order chi connectivity index (χ1) is 9.31. The Morgan fingerprint density at radius 3 is 2.68 bits per heavy atom. The molecule has 2 heterocycles. The van der Waals surface area contributed by atoms with Crippen molar-refractivity contribution in [1.82, 2.24) is 4.98 Å². The van der Waals surface area contributed by atoms with Crippen molar-refractivity contribution in [3.05, 3.63) is 48.7 Å². The fraction of sp³-hybridized carbons (Fsp3) is 0. The van der Waals surface area contributed by atoms with E-state index in [4.69, 9.17) is 10.2 Å². The summed E-state index contributed by atoms with van der Waals surface area (Å²) < 4.78 is 5.81. The summed E-state index contributed by atoms with van der Waals surface area (Å²) in [7, 11) is 0. The van der Waals surface area contributed by atoms with Gasteiger partial charge in [0.1, 0.15) is 11.2 Å². The van der Waals surface area contributed by atoms with E-state index in [9.17, 15) is 0 Å². The molecule has 0 fully saturated rings. The third-order valence-electron chi connectivity index (χ3n) is 3.18. The molecule has 0 saturated carbocycles. The molecule has 0 atom stereocenters.